The second kappa shape index (κ2) is 6.74. The maximum atomic E-state index is 12.7. The highest BCUT2D eigenvalue weighted by Gasteiger charge is 2.42. The lowest BCUT2D eigenvalue weighted by atomic mass is 9.95. The number of furan rings is 1. The van der Waals surface area contributed by atoms with Crippen LogP contribution in [0, 0.1) is 0 Å². The summed E-state index contributed by atoms with van der Waals surface area (Å²) in [5.41, 5.74) is -0.489. The van der Waals surface area contributed by atoms with Crippen LogP contribution >= 0.6 is 0 Å². The Labute approximate surface area is 150 Å². The van der Waals surface area contributed by atoms with Crippen LogP contribution in [0.25, 0.3) is 0 Å². The lowest BCUT2D eigenvalue weighted by Gasteiger charge is -2.24. The number of rotatable bonds is 3. The molecule has 1 aromatic heterocycles. The van der Waals surface area contributed by atoms with Crippen LogP contribution in [0.5, 0.6) is 11.7 Å². The van der Waals surface area contributed by atoms with Crippen molar-refractivity contribution in [3.8, 4) is 11.7 Å². The van der Waals surface area contributed by atoms with E-state index in [2.05, 4.69) is 5.32 Å². The Morgan fingerprint density at radius 1 is 1.12 bits per heavy atom. The summed E-state index contributed by atoms with van der Waals surface area (Å²) in [5.74, 6) is 0.989. The zero-order valence-electron chi connectivity index (χ0n) is 14.3. The summed E-state index contributed by atoms with van der Waals surface area (Å²) in [6, 6.07) is 12.5. The van der Waals surface area contributed by atoms with Crippen LogP contribution in [-0.2, 0) is 4.74 Å². The molecule has 1 unspecified atom stereocenters. The zero-order valence-corrected chi connectivity index (χ0v) is 14.3. The van der Waals surface area contributed by atoms with Gasteiger partial charge in [0, 0.05) is 25.6 Å². The van der Waals surface area contributed by atoms with Crippen molar-refractivity contribution in [3.05, 3.63) is 48.2 Å². The van der Waals surface area contributed by atoms with E-state index in [1.165, 1.54) is 0 Å². The summed E-state index contributed by atoms with van der Waals surface area (Å²) in [5, 5.41) is 2.71. The molecule has 2 aliphatic rings. The largest absolute Gasteiger partial charge is 0.441 e. The van der Waals surface area contributed by atoms with E-state index in [9.17, 15) is 9.59 Å². The normalized spacial score (nSPS) is 22.6. The predicted octanol–water partition coefficient (Wildman–Crippen LogP) is 3.18. The van der Waals surface area contributed by atoms with E-state index >= 15 is 0 Å². The molecule has 7 heteroatoms. The fourth-order valence-electron chi connectivity index (χ4n) is 3.40. The van der Waals surface area contributed by atoms with Crippen LogP contribution in [-0.4, -0.2) is 42.1 Å². The van der Waals surface area contributed by atoms with Gasteiger partial charge in [-0.05, 0) is 31.0 Å². The lowest BCUT2D eigenvalue weighted by Crippen LogP contribution is -2.36. The quantitative estimate of drug-likeness (QED) is 0.913. The molecule has 4 rings (SSSR count). The van der Waals surface area contributed by atoms with Crippen molar-refractivity contribution in [1.29, 1.82) is 0 Å². The maximum Gasteiger partial charge on any atom is 0.407 e. The van der Waals surface area contributed by atoms with Crippen LogP contribution in [0.15, 0.2) is 46.9 Å². The van der Waals surface area contributed by atoms with E-state index < -0.39 is 5.60 Å². The van der Waals surface area contributed by atoms with Gasteiger partial charge in [-0.25, -0.2) is 4.79 Å². The van der Waals surface area contributed by atoms with Gasteiger partial charge in [0.05, 0.1) is 6.54 Å². The highest BCUT2D eigenvalue weighted by atomic mass is 16.6. The molecule has 2 fully saturated rings. The molecule has 0 radical (unpaired) electrons. The highest BCUT2D eigenvalue weighted by Crippen LogP contribution is 2.30. The molecule has 0 saturated carbocycles. The first kappa shape index (κ1) is 16.5. The average molecular weight is 356 g/mol. The molecule has 1 N–H and O–H groups in total. The van der Waals surface area contributed by atoms with E-state index in [4.69, 9.17) is 13.9 Å². The van der Waals surface area contributed by atoms with Crippen molar-refractivity contribution < 1.29 is 23.5 Å². The number of ether oxygens (including phenoxy) is 2. The molecule has 7 nitrogen and oxygen atoms in total. The van der Waals surface area contributed by atoms with Crippen molar-refractivity contribution in [3.63, 3.8) is 0 Å². The molecule has 2 aliphatic heterocycles. The molecule has 2 saturated heterocycles. The monoisotopic (exact) mass is 356 g/mol. The van der Waals surface area contributed by atoms with Gasteiger partial charge in [-0.3, -0.25) is 4.79 Å². The summed E-state index contributed by atoms with van der Waals surface area (Å²) >= 11 is 0. The first-order valence-electron chi connectivity index (χ1n) is 8.72. The molecule has 26 heavy (non-hydrogen) atoms. The molecule has 2 amide bonds. The van der Waals surface area contributed by atoms with Gasteiger partial charge in [0.25, 0.3) is 11.9 Å². The summed E-state index contributed by atoms with van der Waals surface area (Å²) in [6.07, 6.45) is 1.76. The lowest BCUT2D eigenvalue weighted by molar-refractivity contribution is 0.0435. The first-order chi connectivity index (χ1) is 12.6. The van der Waals surface area contributed by atoms with Crippen LogP contribution < -0.4 is 10.1 Å². The minimum Gasteiger partial charge on any atom is -0.441 e. The van der Waals surface area contributed by atoms with Crippen LogP contribution in [0.3, 0.4) is 0 Å². The van der Waals surface area contributed by atoms with Gasteiger partial charge in [-0.2, -0.15) is 0 Å². The van der Waals surface area contributed by atoms with Gasteiger partial charge in [0.15, 0.2) is 5.76 Å². The average Bonchev–Trinajstić information content (AvgIpc) is 3.19. The van der Waals surface area contributed by atoms with E-state index in [1.54, 1.807) is 17.0 Å². The second-order valence-electron chi connectivity index (χ2n) is 6.61. The molecular weight excluding hydrogens is 336 g/mol. The highest BCUT2D eigenvalue weighted by molar-refractivity contribution is 5.91. The fraction of sp³-hybridized carbons (Fsp3) is 0.368. The Hall–Kier alpha value is -2.96. The number of nitrogens with one attached hydrogen (secondary N) is 1. The van der Waals surface area contributed by atoms with Gasteiger partial charge in [-0.1, -0.05) is 18.2 Å². The number of carbonyl (C=O) groups is 2. The standard InChI is InChI=1S/C19H20N2O5/c22-17(15-7-8-16(25-15)24-14-5-2-1-3-6-14)21-11-4-9-19(10-12-21)13-20-18(23)26-19/h1-3,5-8H,4,9-13H2,(H,20,23). The SMILES string of the molecule is O=C1NCC2(CCCN(C(=O)c3ccc(Oc4ccccc4)o3)CC2)O1. The minimum atomic E-state index is -0.489. The summed E-state index contributed by atoms with van der Waals surface area (Å²) in [6.45, 7) is 1.63. The maximum absolute atomic E-state index is 12.7. The van der Waals surface area contributed by atoms with Gasteiger partial charge in [0.2, 0.25) is 0 Å². The molecule has 0 bridgehead atoms. The molecule has 0 aliphatic carbocycles. The molecule has 1 spiro atoms. The molecule has 2 aromatic rings. The zero-order chi connectivity index (χ0) is 18.0. The summed E-state index contributed by atoms with van der Waals surface area (Å²) in [4.78, 5) is 25.9. The predicted molar refractivity (Wildman–Crippen MR) is 92.2 cm³/mol. The van der Waals surface area contributed by atoms with Crippen molar-refractivity contribution in [2.24, 2.45) is 0 Å². The van der Waals surface area contributed by atoms with Gasteiger partial charge >= 0.3 is 6.09 Å². The Balaban J connectivity index is 1.41. The van der Waals surface area contributed by atoms with Gasteiger partial charge in [-0.15, -0.1) is 0 Å². The van der Waals surface area contributed by atoms with Crippen molar-refractivity contribution in [2.45, 2.75) is 24.9 Å². The number of para-hydroxylation sites is 1. The van der Waals surface area contributed by atoms with E-state index in [1.807, 2.05) is 30.3 Å². The van der Waals surface area contributed by atoms with Crippen molar-refractivity contribution in [1.82, 2.24) is 10.2 Å². The molecule has 1 aromatic carbocycles. The van der Waals surface area contributed by atoms with E-state index in [0.29, 0.717) is 31.8 Å². The number of carbonyl (C=O) groups excluding carboxylic acids is 2. The molecular formula is C19H20N2O5. The van der Waals surface area contributed by atoms with Crippen LogP contribution in [0.1, 0.15) is 29.8 Å². The van der Waals surface area contributed by atoms with Crippen molar-refractivity contribution >= 4 is 12.0 Å². The molecule has 1 atom stereocenters. The number of amides is 2. The third-order valence-electron chi connectivity index (χ3n) is 4.80. The number of hydrogen-bond acceptors (Lipinski definition) is 5. The number of likely N-dealkylation sites (tertiary alicyclic amines) is 1. The Kier molecular flexibility index (Phi) is 4.28. The number of alkyl carbamates (subject to hydrolysis) is 1. The molecule has 136 valence electrons. The third kappa shape index (κ3) is 3.37. The number of hydrogen-bond donors (Lipinski definition) is 1. The second-order valence-corrected chi connectivity index (χ2v) is 6.61. The fourth-order valence-corrected chi connectivity index (χ4v) is 3.40. The van der Waals surface area contributed by atoms with Crippen LogP contribution in [0.4, 0.5) is 4.79 Å². The topological polar surface area (TPSA) is 81.0 Å². The van der Waals surface area contributed by atoms with Crippen LogP contribution in [0.2, 0.25) is 0 Å². The number of benzene rings is 1. The van der Waals surface area contributed by atoms with Gasteiger partial charge in [0.1, 0.15) is 11.4 Å². The Morgan fingerprint density at radius 2 is 1.96 bits per heavy atom. The Morgan fingerprint density at radius 3 is 2.73 bits per heavy atom. The smallest absolute Gasteiger partial charge is 0.407 e. The van der Waals surface area contributed by atoms with Gasteiger partial charge < -0.3 is 24.1 Å². The third-order valence-corrected chi connectivity index (χ3v) is 4.80. The Bertz CT molecular complexity index is 803. The van der Waals surface area contributed by atoms with E-state index in [0.717, 1.165) is 12.8 Å². The molecule has 3 heterocycles. The minimum absolute atomic E-state index is 0.178. The summed E-state index contributed by atoms with van der Waals surface area (Å²) < 4.78 is 16.6. The first-order valence-corrected chi connectivity index (χ1v) is 8.72. The summed E-state index contributed by atoms with van der Waals surface area (Å²) in [7, 11) is 0. The van der Waals surface area contributed by atoms with Crippen molar-refractivity contribution in [2.75, 3.05) is 19.6 Å². The van der Waals surface area contributed by atoms with E-state index in [-0.39, 0.29) is 23.7 Å². The number of nitrogens with zero attached hydrogens (tertiary/aromatic N) is 1.